The highest BCUT2D eigenvalue weighted by Gasteiger charge is 2.03. The Bertz CT molecular complexity index is 622. The van der Waals surface area contributed by atoms with E-state index >= 15 is 0 Å². The number of hydrogen-bond donors (Lipinski definition) is 1. The molecule has 0 spiro atoms. The molecular weight excluding hydrogens is 276 g/mol. The van der Waals surface area contributed by atoms with E-state index in [9.17, 15) is 0 Å². The van der Waals surface area contributed by atoms with E-state index in [0.717, 1.165) is 17.7 Å². The maximum absolute atomic E-state index is 8.63. The molecule has 0 saturated heterocycles. The number of halogens is 1. The summed E-state index contributed by atoms with van der Waals surface area (Å²) in [6.07, 6.45) is 0.754. The number of nitrogens with zero attached hydrogens (tertiary/aromatic N) is 3. The molecule has 1 heterocycles. The molecule has 5 nitrogen and oxygen atoms in total. The van der Waals surface area contributed by atoms with E-state index in [0.29, 0.717) is 23.1 Å². The molecule has 102 valence electrons. The average Bonchev–Trinajstić information content (AvgIpc) is 2.49. The number of anilines is 1. The molecule has 0 aliphatic heterocycles. The summed E-state index contributed by atoms with van der Waals surface area (Å²) in [4.78, 5) is 0. The van der Waals surface area contributed by atoms with E-state index in [2.05, 4.69) is 15.5 Å². The highest BCUT2D eigenvalue weighted by atomic mass is 35.5. The summed E-state index contributed by atoms with van der Waals surface area (Å²) in [6.45, 7) is 0.673. The third-order valence-corrected chi connectivity index (χ3v) is 3.09. The van der Waals surface area contributed by atoms with Gasteiger partial charge in [0.2, 0.25) is 0 Å². The molecule has 0 fully saturated rings. The number of hydrogen-bond acceptors (Lipinski definition) is 5. The van der Waals surface area contributed by atoms with Crippen LogP contribution in [0, 0.1) is 11.3 Å². The van der Waals surface area contributed by atoms with Crippen molar-refractivity contribution in [2.45, 2.75) is 6.42 Å². The van der Waals surface area contributed by atoms with Crippen LogP contribution in [0.5, 0.6) is 5.75 Å². The van der Waals surface area contributed by atoms with Crippen LogP contribution >= 0.6 is 11.6 Å². The third-order valence-electron chi connectivity index (χ3n) is 2.74. The van der Waals surface area contributed by atoms with Gasteiger partial charge in [-0.05, 0) is 36.2 Å². The van der Waals surface area contributed by atoms with Gasteiger partial charge in [-0.1, -0.05) is 17.7 Å². The summed E-state index contributed by atoms with van der Waals surface area (Å²) in [6, 6.07) is 10.9. The van der Waals surface area contributed by atoms with E-state index in [1.807, 2.05) is 18.2 Å². The zero-order chi connectivity index (χ0) is 14.4. The zero-order valence-corrected chi connectivity index (χ0v) is 11.7. The van der Waals surface area contributed by atoms with E-state index in [-0.39, 0.29) is 0 Å². The van der Waals surface area contributed by atoms with Gasteiger partial charge in [-0.25, -0.2) is 0 Å². The van der Waals surface area contributed by atoms with E-state index in [1.54, 1.807) is 25.3 Å². The topological polar surface area (TPSA) is 70.8 Å². The molecular formula is C14H13ClN4O. The summed E-state index contributed by atoms with van der Waals surface area (Å²) < 4.78 is 5.10. The van der Waals surface area contributed by atoms with E-state index in [4.69, 9.17) is 21.6 Å². The minimum Gasteiger partial charge on any atom is -0.497 e. The Morgan fingerprint density at radius 1 is 1.30 bits per heavy atom. The van der Waals surface area contributed by atoms with Crippen molar-refractivity contribution in [3.8, 4) is 11.8 Å². The van der Waals surface area contributed by atoms with Crippen LogP contribution in [0.1, 0.15) is 11.3 Å². The van der Waals surface area contributed by atoms with Crippen LogP contribution < -0.4 is 10.1 Å². The summed E-state index contributed by atoms with van der Waals surface area (Å²) in [7, 11) is 1.61. The van der Waals surface area contributed by atoms with Crippen molar-refractivity contribution in [2.75, 3.05) is 19.0 Å². The predicted octanol–water partition coefficient (Wildman–Crippen LogP) is 2.66. The molecule has 0 aliphatic rings. The molecule has 6 heteroatoms. The first-order valence-corrected chi connectivity index (χ1v) is 6.41. The number of aromatic nitrogens is 2. The normalized spacial score (nSPS) is 9.85. The molecule has 2 aromatic rings. The van der Waals surface area contributed by atoms with Gasteiger partial charge in [-0.15, -0.1) is 10.2 Å². The van der Waals surface area contributed by atoms with Gasteiger partial charge in [0.15, 0.2) is 5.69 Å². The van der Waals surface area contributed by atoms with Crippen molar-refractivity contribution in [2.24, 2.45) is 0 Å². The lowest BCUT2D eigenvalue weighted by atomic mass is 10.1. The smallest absolute Gasteiger partial charge is 0.163 e. The molecule has 2 rings (SSSR count). The van der Waals surface area contributed by atoms with Crippen molar-refractivity contribution >= 4 is 17.4 Å². The van der Waals surface area contributed by atoms with Crippen LogP contribution in [-0.4, -0.2) is 23.9 Å². The molecule has 1 aromatic heterocycles. The summed E-state index contributed by atoms with van der Waals surface area (Å²) >= 11 is 6.16. The molecule has 0 aliphatic carbocycles. The van der Waals surface area contributed by atoms with Gasteiger partial charge in [-0.3, -0.25) is 0 Å². The molecule has 0 unspecified atom stereocenters. The average molecular weight is 289 g/mol. The second-order valence-corrected chi connectivity index (χ2v) is 4.46. The summed E-state index contributed by atoms with van der Waals surface area (Å²) in [5, 5.41) is 20.1. The van der Waals surface area contributed by atoms with Gasteiger partial charge in [0.1, 0.15) is 17.6 Å². The second kappa shape index (κ2) is 6.73. The molecule has 1 aromatic carbocycles. The van der Waals surface area contributed by atoms with Crippen molar-refractivity contribution < 1.29 is 4.74 Å². The molecule has 0 bridgehead atoms. The summed E-state index contributed by atoms with van der Waals surface area (Å²) in [5.41, 5.74) is 1.33. The van der Waals surface area contributed by atoms with Gasteiger partial charge >= 0.3 is 0 Å². The largest absolute Gasteiger partial charge is 0.497 e. The standard InChI is InChI=1S/C14H13ClN4O/c1-20-12-4-2-10(13(15)8-12)6-7-17-14-5-3-11(9-16)18-19-14/h2-5,8H,6-7H2,1H3,(H,17,19). The minimum atomic E-state index is 0.300. The first-order valence-electron chi connectivity index (χ1n) is 6.03. The summed E-state index contributed by atoms with van der Waals surface area (Å²) in [5.74, 6) is 1.37. The van der Waals surface area contributed by atoms with Crippen LogP contribution in [0.3, 0.4) is 0 Å². The van der Waals surface area contributed by atoms with Crippen molar-refractivity contribution in [3.63, 3.8) is 0 Å². The lowest BCUT2D eigenvalue weighted by Gasteiger charge is -2.08. The SMILES string of the molecule is COc1ccc(CCNc2ccc(C#N)nn2)c(Cl)c1. The van der Waals surface area contributed by atoms with E-state index < -0.39 is 0 Å². The fraction of sp³-hybridized carbons (Fsp3) is 0.214. The van der Waals surface area contributed by atoms with Gasteiger partial charge in [0.25, 0.3) is 0 Å². The molecule has 0 saturated carbocycles. The lowest BCUT2D eigenvalue weighted by Crippen LogP contribution is -2.07. The molecule has 0 amide bonds. The second-order valence-electron chi connectivity index (χ2n) is 4.05. The quantitative estimate of drug-likeness (QED) is 0.916. The van der Waals surface area contributed by atoms with Gasteiger partial charge in [0.05, 0.1) is 7.11 Å². The predicted molar refractivity (Wildman–Crippen MR) is 76.9 cm³/mol. The minimum absolute atomic E-state index is 0.300. The zero-order valence-electron chi connectivity index (χ0n) is 10.9. The highest BCUT2D eigenvalue weighted by molar-refractivity contribution is 6.31. The van der Waals surface area contributed by atoms with Gasteiger partial charge in [0, 0.05) is 11.6 Å². The van der Waals surface area contributed by atoms with Crippen LogP contribution in [0.2, 0.25) is 5.02 Å². The van der Waals surface area contributed by atoms with Gasteiger partial charge < -0.3 is 10.1 Å². The van der Waals surface area contributed by atoms with Crippen molar-refractivity contribution in [3.05, 3.63) is 46.6 Å². The van der Waals surface area contributed by atoms with Crippen LogP contribution in [0.4, 0.5) is 5.82 Å². The Morgan fingerprint density at radius 2 is 2.15 bits per heavy atom. The van der Waals surface area contributed by atoms with Crippen molar-refractivity contribution in [1.82, 2.24) is 10.2 Å². The fourth-order valence-electron chi connectivity index (χ4n) is 1.67. The molecule has 1 N–H and O–H groups in total. The Kier molecular flexibility index (Phi) is 4.75. The molecule has 0 atom stereocenters. The Hall–Kier alpha value is -2.32. The Balaban J connectivity index is 1.90. The monoisotopic (exact) mass is 288 g/mol. The van der Waals surface area contributed by atoms with Crippen LogP contribution in [-0.2, 0) is 6.42 Å². The number of ether oxygens (including phenoxy) is 1. The van der Waals surface area contributed by atoms with Crippen LogP contribution in [0.15, 0.2) is 30.3 Å². The Labute approximate surface area is 122 Å². The van der Waals surface area contributed by atoms with Crippen LogP contribution in [0.25, 0.3) is 0 Å². The maximum atomic E-state index is 8.63. The maximum Gasteiger partial charge on any atom is 0.163 e. The molecule has 20 heavy (non-hydrogen) atoms. The number of methoxy groups -OCH3 is 1. The first-order chi connectivity index (χ1) is 9.72. The van der Waals surface area contributed by atoms with E-state index in [1.165, 1.54) is 0 Å². The first kappa shape index (κ1) is 14.1. The van der Waals surface area contributed by atoms with Crippen molar-refractivity contribution in [1.29, 1.82) is 5.26 Å². The molecule has 0 radical (unpaired) electrons. The van der Waals surface area contributed by atoms with Gasteiger partial charge in [-0.2, -0.15) is 5.26 Å². The number of nitriles is 1. The third kappa shape index (κ3) is 3.59. The number of nitrogens with one attached hydrogen (secondary N) is 1. The fourth-order valence-corrected chi connectivity index (χ4v) is 1.93. The number of rotatable bonds is 5. The highest BCUT2D eigenvalue weighted by Crippen LogP contribution is 2.22. The lowest BCUT2D eigenvalue weighted by molar-refractivity contribution is 0.414. The Morgan fingerprint density at radius 3 is 2.75 bits per heavy atom. The number of benzene rings is 1.